The lowest BCUT2D eigenvalue weighted by molar-refractivity contribution is 0.315. The highest BCUT2D eigenvalue weighted by Crippen LogP contribution is 2.35. The zero-order chi connectivity index (χ0) is 17.7. The zero-order valence-corrected chi connectivity index (χ0v) is 14.8. The van der Waals surface area contributed by atoms with Gasteiger partial charge < -0.3 is 9.84 Å². The summed E-state index contributed by atoms with van der Waals surface area (Å²) in [5.74, 6) is 0.353. The van der Waals surface area contributed by atoms with Crippen molar-refractivity contribution < 1.29 is 18.3 Å². The average Bonchev–Trinajstić information content (AvgIpc) is 2.53. The highest BCUT2D eigenvalue weighted by molar-refractivity contribution is 7.93. The smallest absolute Gasteiger partial charge is 0.241 e. The van der Waals surface area contributed by atoms with Crippen LogP contribution < -0.4 is 9.04 Å². The first-order chi connectivity index (χ1) is 11.4. The Morgan fingerprint density at radius 1 is 1.25 bits per heavy atom. The summed E-state index contributed by atoms with van der Waals surface area (Å²) in [7, 11) is -3.67. The van der Waals surface area contributed by atoms with E-state index in [1.807, 2.05) is 6.92 Å². The predicted octanol–water partition coefficient (Wildman–Crippen LogP) is 3.45. The van der Waals surface area contributed by atoms with Crippen LogP contribution in [0.15, 0.2) is 42.7 Å². The van der Waals surface area contributed by atoms with Gasteiger partial charge in [0.25, 0.3) is 0 Å². The van der Waals surface area contributed by atoms with Crippen LogP contribution in [-0.4, -0.2) is 30.4 Å². The molecule has 1 aromatic heterocycles. The first-order valence-electron chi connectivity index (χ1n) is 7.77. The Hall–Kier alpha value is -2.28. The molecule has 0 spiro atoms. The van der Waals surface area contributed by atoms with Crippen LogP contribution in [0.3, 0.4) is 0 Å². The van der Waals surface area contributed by atoms with E-state index in [9.17, 15) is 13.5 Å². The third-order valence-electron chi connectivity index (χ3n) is 3.31. The van der Waals surface area contributed by atoms with E-state index < -0.39 is 15.3 Å². The molecule has 2 rings (SSSR count). The molecular formula is C17H22N2O4S. The number of sulfonamides is 1. The number of ether oxygens (including phenoxy) is 1. The normalized spacial score (nSPS) is 11.5. The molecule has 0 aliphatic heterocycles. The second kappa shape index (κ2) is 7.53. The Kier molecular flexibility index (Phi) is 5.66. The summed E-state index contributed by atoms with van der Waals surface area (Å²) in [6.07, 6.45) is 3.85. The first-order valence-corrected chi connectivity index (χ1v) is 9.27. The van der Waals surface area contributed by atoms with Gasteiger partial charge in [0.05, 0.1) is 29.4 Å². The lowest BCUT2D eigenvalue weighted by Gasteiger charge is -2.26. The van der Waals surface area contributed by atoms with Gasteiger partial charge in [-0.25, -0.2) is 12.7 Å². The molecule has 0 aliphatic carbocycles. The summed E-state index contributed by atoms with van der Waals surface area (Å²) in [5.41, 5.74) is 0.709. The van der Waals surface area contributed by atoms with Crippen molar-refractivity contribution >= 4 is 21.4 Å². The fourth-order valence-electron chi connectivity index (χ4n) is 2.12. The summed E-state index contributed by atoms with van der Waals surface area (Å²) in [4.78, 5) is 4.00. The van der Waals surface area contributed by atoms with Gasteiger partial charge in [-0.2, -0.15) is 0 Å². The number of aromatic hydroxyl groups is 1. The van der Waals surface area contributed by atoms with E-state index >= 15 is 0 Å². The quantitative estimate of drug-likeness (QED) is 0.827. The molecule has 0 bridgehead atoms. The van der Waals surface area contributed by atoms with Crippen LogP contribution in [0.2, 0.25) is 0 Å². The molecule has 1 N–H and O–H groups in total. The van der Waals surface area contributed by atoms with E-state index in [0.29, 0.717) is 23.7 Å². The minimum atomic E-state index is -3.67. The molecule has 0 aliphatic rings. The number of rotatable bonds is 7. The molecule has 1 heterocycles. The third kappa shape index (κ3) is 3.97. The van der Waals surface area contributed by atoms with Crippen molar-refractivity contribution in [3.05, 3.63) is 42.7 Å². The lowest BCUT2D eigenvalue weighted by atomic mass is 10.2. The van der Waals surface area contributed by atoms with E-state index in [1.165, 1.54) is 22.6 Å². The number of hydrogen-bond donors (Lipinski definition) is 1. The average molecular weight is 350 g/mol. The van der Waals surface area contributed by atoms with Gasteiger partial charge in [-0.15, -0.1) is 0 Å². The Morgan fingerprint density at radius 3 is 2.58 bits per heavy atom. The molecule has 0 saturated carbocycles. The molecule has 24 heavy (non-hydrogen) atoms. The van der Waals surface area contributed by atoms with Crippen LogP contribution in [0.1, 0.15) is 27.2 Å². The zero-order valence-electron chi connectivity index (χ0n) is 14.0. The van der Waals surface area contributed by atoms with Crippen LogP contribution >= 0.6 is 0 Å². The summed E-state index contributed by atoms with van der Waals surface area (Å²) in [5, 5.41) is 9.34. The van der Waals surface area contributed by atoms with Crippen molar-refractivity contribution in [3.8, 4) is 11.5 Å². The van der Waals surface area contributed by atoms with Gasteiger partial charge >= 0.3 is 0 Å². The van der Waals surface area contributed by atoms with Crippen LogP contribution in [0.5, 0.6) is 11.5 Å². The Balaban J connectivity index is 2.58. The Bertz CT molecular complexity index is 776. The van der Waals surface area contributed by atoms with Gasteiger partial charge in [0.1, 0.15) is 11.5 Å². The minimum absolute atomic E-state index is 0.0635. The largest absolute Gasteiger partial charge is 0.508 e. The highest BCUT2D eigenvalue weighted by atomic mass is 32.2. The molecule has 1 aromatic carbocycles. The minimum Gasteiger partial charge on any atom is -0.508 e. The van der Waals surface area contributed by atoms with Crippen molar-refractivity contribution in [2.75, 3.05) is 10.9 Å². The van der Waals surface area contributed by atoms with Gasteiger partial charge in [-0.05, 0) is 32.4 Å². The van der Waals surface area contributed by atoms with Gasteiger partial charge in [-0.3, -0.25) is 4.98 Å². The predicted molar refractivity (Wildman–Crippen MR) is 94.3 cm³/mol. The second-order valence-corrected chi connectivity index (χ2v) is 7.94. The third-order valence-corrected chi connectivity index (χ3v) is 5.44. The maximum atomic E-state index is 12.8. The van der Waals surface area contributed by atoms with Gasteiger partial charge in [-0.1, -0.05) is 6.92 Å². The SMILES string of the molecule is CCCOc1cc(O)cc(N(c2cccnc2)S(=O)(=O)C(C)C)c1. The number of phenols is 1. The number of aromatic nitrogens is 1. The second-order valence-electron chi connectivity index (χ2n) is 5.60. The van der Waals surface area contributed by atoms with Gasteiger partial charge in [0, 0.05) is 24.4 Å². The Labute approximate surface area is 142 Å². The van der Waals surface area contributed by atoms with Crippen LogP contribution in [0.25, 0.3) is 0 Å². The number of benzene rings is 1. The molecule has 7 heteroatoms. The highest BCUT2D eigenvalue weighted by Gasteiger charge is 2.28. The van der Waals surface area contributed by atoms with Crippen LogP contribution in [-0.2, 0) is 10.0 Å². The summed E-state index contributed by atoms with van der Waals surface area (Å²) < 4.78 is 32.4. The fourth-order valence-corrected chi connectivity index (χ4v) is 3.34. The molecule has 0 radical (unpaired) electrons. The van der Waals surface area contributed by atoms with E-state index in [1.54, 1.807) is 38.2 Å². The molecular weight excluding hydrogens is 328 g/mol. The van der Waals surface area contributed by atoms with Gasteiger partial charge in [0.2, 0.25) is 10.0 Å². The molecule has 0 amide bonds. The molecule has 0 atom stereocenters. The Morgan fingerprint density at radius 2 is 2.00 bits per heavy atom. The van der Waals surface area contributed by atoms with Crippen molar-refractivity contribution in [1.29, 1.82) is 0 Å². The topological polar surface area (TPSA) is 79.7 Å². The van der Waals surface area contributed by atoms with E-state index in [-0.39, 0.29) is 5.75 Å². The number of hydrogen-bond acceptors (Lipinski definition) is 5. The number of phenolic OH excluding ortho intramolecular Hbond substituents is 1. The molecule has 0 fully saturated rings. The number of anilines is 2. The summed E-state index contributed by atoms with van der Waals surface area (Å²) in [6.45, 7) is 5.66. The van der Waals surface area contributed by atoms with E-state index in [0.717, 1.165) is 6.42 Å². The monoisotopic (exact) mass is 350 g/mol. The standard InChI is InChI=1S/C17H22N2O4S/c1-4-8-23-17-10-15(9-16(20)11-17)19(24(21,22)13(2)3)14-6-5-7-18-12-14/h5-7,9-13,20H,4,8H2,1-3H3. The molecule has 6 nitrogen and oxygen atoms in total. The maximum Gasteiger partial charge on any atom is 0.241 e. The van der Waals surface area contributed by atoms with E-state index in [4.69, 9.17) is 4.74 Å². The van der Waals surface area contributed by atoms with Crippen molar-refractivity contribution in [3.63, 3.8) is 0 Å². The van der Waals surface area contributed by atoms with Crippen LogP contribution in [0, 0.1) is 0 Å². The number of nitrogens with zero attached hydrogens (tertiary/aromatic N) is 2. The lowest BCUT2D eigenvalue weighted by Crippen LogP contribution is -2.32. The van der Waals surface area contributed by atoms with Crippen molar-refractivity contribution in [1.82, 2.24) is 4.98 Å². The van der Waals surface area contributed by atoms with E-state index in [2.05, 4.69) is 4.98 Å². The van der Waals surface area contributed by atoms with Crippen LogP contribution in [0.4, 0.5) is 11.4 Å². The molecule has 2 aromatic rings. The fraction of sp³-hybridized carbons (Fsp3) is 0.353. The summed E-state index contributed by atoms with van der Waals surface area (Å²) in [6, 6.07) is 7.77. The first kappa shape index (κ1) is 18.1. The maximum absolute atomic E-state index is 12.8. The summed E-state index contributed by atoms with van der Waals surface area (Å²) >= 11 is 0. The van der Waals surface area contributed by atoms with Gasteiger partial charge in [0.15, 0.2) is 0 Å². The van der Waals surface area contributed by atoms with Crippen molar-refractivity contribution in [2.45, 2.75) is 32.4 Å². The number of pyridine rings is 1. The molecule has 0 unspecified atom stereocenters. The van der Waals surface area contributed by atoms with Crippen molar-refractivity contribution in [2.24, 2.45) is 0 Å². The molecule has 0 saturated heterocycles. The molecule has 130 valence electrons.